The van der Waals surface area contributed by atoms with Crippen molar-refractivity contribution in [3.05, 3.63) is 48.3 Å². The SMILES string of the molecule is N#Cc1cnc2c(Nc3ccccc3)cc(O[C@H]3CC[C@H](N)CC3)nn12. The number of nitrogens with one attached hydrogen (secondary N) is 1. The predicted molar refractivity (Wildman–Crippen MR) is 98.3 cm³/mol. The minimum absolute atomic E-state index is 0.0957. The number of nitrogens with zero attached hydrogens (tertiary/aromatic N) is 4. The van der Waals surface area contributed by atoms with Gasteiger partial charge in [-0.2, -0.15) is 9.78 Å². The van der Waals surface area contributed by atoms with Crippen LogP contribution in [-0.2, 0) is 0 Å². The first kappa shape index (κ1) is 16.4. The standard InChI is InChI=1S/C19H20N6O/c20-11-15-12-22-19-17(23-14-4-2-1-3-5-14)10-18(24-25(15)19)26-16-8-6-13(21)7-9-16/h1-5,10,12-13,16,23H,6-9,21H2/t13-,16-. The van der Waals surface area contributed by atoms with E-state index in [0.29, 0.717) is 17.2 Å². The highest BCUT2D eigenvalue weighted by atomic mass is 16.5. The van der Waals surface area contributed by atoms with Gasteiger partial charge in [-0.3, -0.25) is 0 Å². The quantitative estimate of drug-likeness (QED) is 0.751. The molecule has 4 rings (SSSR count). The van der Waals surface area contributed by atoms with Crippen LogP contribution in [0.15, 0.2) is 42.6 Å². The molecule has 1 aliphatic carbocycles. The van der Waals surface area contributed by atoms with Gasteiger partial charge in [0.25, 0.3) is 0 Å². The van der Waals surface area contributed by atoms with Crippen LogP contribution >= 0.6 is 0 Å². The molecule has 1 fully saturated rings. The molecule has 0 bridgehead atoms. The Morgan fingerprint density at radius 2 is 1.96 bits per heavy atom. The monoisotopic (exact) mass is 348 g/mol. The largest absolute Gasteiger partial charge is 0.473 e. The van der Waals surface area contributed by atoms with Gasteiger partial charge in [-0.15, -0.1) is 5.10 Å². The summed E-state index contributed by atoms with van der Waals surface area (Å²) in [5.74, 6) is 0.478. The first-order valence-corrected chi connectivity index (χ1v) is 8.76. The molecule has 132 valence electrons. The Kier molecular flexibility index (Phi) is 4.42. The maximum atomic E-state index is 9.32. The molecule has 7 heteroatoms. The Morgan fingerprint density at radius 3 is 2.69 bits per heavy atom. The van der Waals surface area contributed by atoms with Crippen molar-refractivity contribution in [1.82, 2.24) is 14.6 Å². The molecule has 1 aromatic carbocycles. The lowest BCUT2D eigenvalue weighted by atomic mass is 9.94. The maximum absolute atomic E-state index is 9.32. The van der Waals surface area contributed by atoms with Crippen molar-refractivity contribution in [2.45, 2.75) is 37.8 Å². The average molecular weight is 348 g/mol. The molecule has 0 atom stereocenters. The third kappa shape index (κ3) is 3.32. The summed E-state index contributed by atoms with van der Waals surface area (Å²) in [6, 6.07) is 14.0. The summed E-state index contributed by atoms with van der Waals surface area (Å²) < 4.78 is 7.62. The van der Waals surface area contributed by atoms with Crippen LogP contribution < -0.4 is 15.8 Å². The summed E-state index contributed by atoms with van der Waals surface area (Å²) >= 11 is 0. The zero-order valence-corrected chi connectivity index (χ0v) is 14.3. The summed E-state index contributed by atoms with van der Waals surface area (Å²) in [5.41, 5.74) is 8.60. The molecule has 0 amide bonds. The second-order valence-electron chi connectivity index (χ2n) is 6.53. The number of rotatable bonds is 4. The van der Waals surface area contributed by atoms with Gasteiger partial charge in [0.05, 0.1) is 11.9 Å². The highest BCUT2D eigenvalue weighted by Gasteiger charge is 2.21. The van der Waals surface area contributed by atoms with Crippen LogP contribution in [0.2, 0.25) is 0 Å². The minimum atomic E-state index is 0.0957. The van der Waals surface area contributed by atoms with Crippen molar-refractivity contribution in [3.63, 3.8) is 0 Å². The summed E-state index contributed by atoms with van der Waals surface area (Å²) in [7, 11) is 0. The van der Waals surface area contributed by atoms with Crippen LogP contribution in [0.3, 0.4) is 0 Å². The second-order valence-corrected chi connectivity index (χ2v) is 6.53. The van der Waals surface area contributed by atoms with Crippen LogP contribution in [0.4, 0.5) is 11.4 Å². The fraction of sp³-hybridized carbons (Fsp3) is 0.316. The van der Waals surface area contributed by atoms with Crippen molar-refractivity contribution >= 4 is 17.0 Å². The molecule has 0 spiro atoms. The molecule has 26 heavy (non-hydrogen) atoms. The average Bonchev–Trinajstić information content (AvgIpc) is 3.08. The minimum Gasteiger partial charge on any atom is -0.473 e. The van der Waals surface area contributed by atoms with Crippen molar-refractivity contribution in [2.75, 3.05) is 5.32 Å². The Hall–Kier alpha value is -3.11. The van der Waals surface area contributed by atoms with Crippen molar-refractivity contribution in [3.8, 4) is 11.9 Å². The maximum Gasteiger partial charge on any atom is 0.234 e. The van der Waals surface area contributed by atoms with Gasteiger partial charge in [-0.1, -0.05) is 18.2 Å². The van der Waals surface area contributed by atoms with E-state index in [1.807, 2.05) is 36.4 Å². The van der Waals surface area contributed by atoms with Gasteiger partial charge in [0.2, 0.25) is 5.88 Å². The molecular formula is C19H20N6O. The van der Waals surface area contributed by atoms with Gasteiger partial charge in [0, 0.05) is 17.8 Å². The molecule has 7 nitrogen and oxygen atoms in total. The molecule has 3 N–H and O–H groups in total. The first-order valence-electron chi connectivity index (χ1n) is 8.76. The zero-order chi connectivity index (χ0) is 17.9. The lowest BCUT2D eigenvalue weighted by Gasteiger charge is -2.26. The number of fused-ring (bicyclic) bond motifs is 1. The molecule has 0 saturated heterocycles. The molecule has 3 aromatic rings. The summed E-state index contributed by atoms with van der Waals surface area (Å²) in [6.07, 6.45) is 5.35. The summed E-state index contributed by atoms with van der Waals surface area (Å²) in [4.78, 5) is 4.33. The van der Waals surface area contributed by atoms with E-state index >= 15 is 0 Å². The number of ether oxygens (including phenoxy) is 1. The smallest absolute Gasteiger partial charge is 0.234 e. The Bertz CT molecular complexity index is 938. The number of benzene rings is 1. The Morgan fingerprint density at radius 1 is 1.19 bits per heavy atom. The second kappa shape index (κ2) is 7.02. The van der Waals surface area contributed by atoms with E-state index in [4.69, 9.17) is 10.5 Å². The third-order valence-electron chi connectivity index (χ3n) is 4.62. The number of aromatic nitrogens is 3. The highest BCUT2D eigenvalue weighted by molar-refractivity contribution is 5.74. The van der Waals surface area contributed by atoms with E-state index in [0.717, 1.165) is 37.1 Å². The predicted octanol–water partition coefficient (Wildman–Crippen LogP) is 2.99. The van der Waals surface area contributed by atoms with Crippen molar-refractivity contribution < 1.29 is 4.74 Å². The molecule has 0 aliphatic heterocycles. The number of para-hydroxylation sites is 1. The van der Waals surface area contributed by atoms with E-state index < -0.39 is 0 Å². The fourth-order valence-corrected chi connectivity index (χ4v) is 3.23. The number of hydrogen-bond acceptors (Lipinski definition) is 6. The van der Waals surface area contributed by atoms with Crippen molar-refractivity contribution in [1.29, 1.82) is 5.26 Å². The van der Waals surface area contributed by atoms with Crippen molar-refractivity contribution in [2.24, 2.45) is 5.73 Å². The number of nitriles is 1. The molecule has 1 saturated carbocycles. The zero-order valence-electron chi connectivity index (χ0n) is 14.3. The summed E-state index contributed by atoms with van der Waals surface area (Å²) in [6.45, 7) is 0. The van der Waals surface area contributed by atoms with Gasteiger partial charge < -0.3 is 15.8 Å². The highest BCUT2D eigenvalue weighted by Crippen LogP contribution is 2.27. The van der Waals surface area contributed by atoms with Gasteiger partial charge >= 0.3 is 0 Å². The van der Waals surface area contributed by atoms with Crippen LogP contribution in [0, 0.1) is 11.3 Å². The Balaban J connectivity index is 1.68. The van der Waals surface area contributed by atoms with Gasteiger partial charge in [-0.25, -0.2) is 4.98 Å². The summed E-state index contributed by atoms with van der Waals surface area (Å²) in [5, 5.41) is 17.1. The number of anilines is 2. The van der Waals surface area contributed by atoms with Crippen LogP contribution in [-0.4, -0.2) is 26.7 Å². The lowest BCUT2D eigenvalue weighted by Crippen LogP contribution is -2.32. The normalized spacial score (nSPS) is 19.8. The molecule has 1 aliphatic rings. The van der Waals surface area contributed by atoms with Gasteiger partial charge in [0.1, 0.15) is 12.2 Å². The van der Waals surface area contributed by atoms with Crippen LogP contribution in [0.25, 0.3) is 5.65 Å². The number of imidazole rings is 1. The van der Waals surface area contributed by atoms with Gasteiger partial charge in [-0.05, 0) is 37.8 Å². The lowest BCUT2D eigenvalue weighted by molar-refractivity contribution is 0.139. The fourth-order valence-electron chi connectivity index (χ4n) is 3.23. The van der Waals surface area contributed by atoms with E-state index in [2.05, 4.69) is 21.5 Å². The van der Waals surface area contributed by atoms with Gasteiger partial charge in [0.15, 0.2) is 11.3 Å². The van der Waals surface area contributed by atoms with Crippen LogP contribution in [0.1, 0.15) is 31.4 Å². The van der Waals surface area contributed by atoms with E-state index in [-0.39, 0.29) is 12.1 Å². The van der Waals surface area contributed by atoms with E-state index in [1.54, 1.807) is 0 Å². The number of hydrogen-bond donors (Lipinski definition) is 2. The number of nitrogens with two attached hydrogens (primary N) is 1. The molecule has 2 heterocycles. The van der Waals surface area contributed by atoms with Crippen LogP contribution in [0.5, 0.6) is 5.88 Å². The van der Waals surface area contributed by atoms with E-state index in [1.165, 1.54) is 10.7 Å². The third-order valence-corrected chi connectivity index (χ3v) is 4.62. The first-order chi connectivity index (χ1) is 12.7. The molecule has 0 unspecified atom stereocenters. The molecule has 0 radical (unpaired) electrons. The molecular weight excluding hydrogens is 328 g/mol. The topological polar surface area (TPSA) is 101 Å². The molecule has 2 aromatic heterocycles. The Labute approximate surface area is 151 Å². The van der Waals surface area contributed by atoms with E-state index in [9.17, 15) is 5.26 Å².